The first-order valence-corrected chi connectivity index (χ1v) is 6.29. The van der Waals surface area contributed by atoms with E-state index in [0.717, 1.165) is 17.2 Å². The quantitative estimate of drug-likeness (QED) is 0.845. The molecule has 0 unspecified atom stereocenters. The smallest absolute Gasteiger partial charge is 0.328 e. The Bertz CT molecular complexity index is 694. The Morgan fingerprint density at radius 2 is 2.10 bits per heavy atom. The van der Waals surface area contributed by atoms with Crippen molar-refractivity contribution in [2.24, 2.45) is 0 Å². The van der Waals surface area contributed by atoms with Crippen LogP contribution in [0.2, 0.25) is 0 Å². The van der Waals surface area contributed by atoms with Gasteiger partial charge in [0.15, 0.2) is 0 Å². The van der Waals surface area contributed by atoms with E-state index in [1.54, 1.807) is 42.7 Å². The molecular formula is C16H14N2O3. The maximum atomic E-state index is 12.1. The van der Waals surface area contributed by atoms with Gasteiger partial charge in [-0.1, -0.05) is 6.07 Å². The maximum Gasteiger partial charge on any atom is 0.328 e. The summed E-state index contributed by atoms with van der Waals surface area (Å²) < 4.78 is 0. The summed E-state index contributed by atoms with van der Waals surface area (Å²) in [6.45, 7) is 1.82. The minimum atomic E-state index is -1.01. The highest BCUT2D eigenvalue weighted by Crippen LogP contribution is 2.14. The Labute approximate surface area is 122 Å². The van der Waals surface area contributed by atoms with Gasteiger partial charge in [-0.25, -0.2) is 4.79 Å². The Morgan fingerprint density at radius 3 is 2.71 bits per heavy atom. The Kier molecular flexibility index (Phi) is 4.46. The number of benzene rings is 1. The molecule has 21 heavy (non-hydrogen) atoms. The van der Waals surface area contributed by atoms with Gasteiger partial charge >= 0.3 is 5.97 Å². The minimum Gasteiger partial charge on any atom is -0.478 e. The van der Waals surface area contributed by atoms with E-state index in [0.29, 0.717) is 11.3 Å². The molecule has 106 valence electrons. The molecule has 0 aliphatic carbocycles. The zero-order valence-electron chi connectivity index (χ0n) is 11.4. The number of aromatic nitrogens is 1. The van der Waals surface area contributed by atoms with Gasteiger partial charge in [-0.05, 0) is 48.4 Å². The Hall–Kier alpha value is -2.95. The fourth-order valence-corrected chi connectivity index (χ4v) is 1.80. The van der Waals surface area contributed by atoms with E-state index >= 15 is 0 Å². The van der Waals surface area contributed by atoms with E-state index in [9.17, 15) is 9.59 Å². The number of hydrogen-bond acceptors (Lipinski definition) is 3. The molecule has 0 fully saturated rings. The highest BCUT2D eigenvalue weighted by atomic mass is 16.4. The zero-order chi connectivity index (χ0) is 15.2. The third-order valence-electron chi connectivity index (χ3n) is 2.86. The summed E-state index contributed by atoms with van der Waals surface area (Å²) in [4.78, 5) is 26.5. The molecule has 1 aromatic heterocycles. The number of aliphatic carboxylic acids is 1. The van der Waals surface area contributed by atoms with Gasteiger partial charge in [-0.2, -0.15) is 0 Å². The van der Waals surface area contributed by atoms with Crippen LogP contribution in [0.5, 0.6) is 0 Å². The first kappa shape index (κ1) is 14.5. The van der Waals surface area contributed by atoms with Crippen LogP contribution in [0.4, 0.5) is 5.69 Å². The van der Waals surface area contributed by atoms with Crippen molar-refractivity contribution in [2.45, 2.75) is 6.92 Å². The monoisotopic (exact) mass is 282 g/mol. The summed E-state index contributed by atoms with van der Waals surface area (Å²) in [5, 5.41) is 11.4. The Balaban J connectivity index is 2.16. The number of amides is 1. The van der Waals surface area contributed by atoms with E-state index in [2.05, 4.69) is 10.3 Å². The lowest BCUT2D eigenvalue weighted by molar-refractivity contribution is -0.131. The largest absolute Gasteiger partial charge is 0.478 e. The van der Waals surface area contributed by atoms with Crippen molar-refractivity contribution in [1.82, 2.24) is 4.98 Å². The van der Waals surface area contributed by atoms with Crippen molar-refractivity contribution in [3.63, 3.8) is 0 Å². The number of hydrogen-bond donors (Lipinski definition) is 2. The number of anilines is 1. The molecule has 5 heteroatoms. The molecule has 5 nitrogen and oxygen atoms in total. The van der Waals surface area contributed by atoms with Crippen LogP contribution in [0.25, 0.3) is 6.08 Å². The van der Waals surface area contributed by atoms with Crippen LogP contribution in [0.1, 0.15) is 21.5 Å². The summed E-state index contributed by atoms with van der Waals surface area (Å²) >= 11 is 0. The van der Waals surface area contributed by atoms with Crippen molar-refractivity contribution < 1.29 is 14.7 Å². The molecule has 2 rings (SSSR count). The molecule has 1 amide bonds. The molecule has 0 saturated heterocycles. The molecule has 0 saturated carbocycles. The van der Waals surface area contributed by atoms with Crippen LogP contribution in [0.3, 0.4) is 0 Å². The minimum absolute atomic E-state index is 0.236. The van der Waals surface area contributed by atoms with Crippen LogP contribution < -0.4 is 5.32 Å². The number of nitrogens with zero attached hydrogens (tertiary/aromatic N) is 1. The molecule has 2 N–H and O–H groups in total. The summed E-state index contributed by atoms with van der Waals surface area (Å²) in [5.74, 6) is -1.24. The zero-order valence-corrected chi connectivity index (χ0v) is 11.4. The van der Waals surface area contributed by atoms with Gasteiger partial charge < -0.3 is 10.4 Å². The van der Waals surface area contributed by atoms with Crippen LogP contribution in [0, 0.1) is 6.92 Å². The molecule has 0 aliphatic heterocycles. The van der Waals surface area contributed by atoms with Crippen LogP contribution in [0.15, 0.2) is 48.8 Å². The van der Waals surface area contributed by atoms with Crippen LogP contribution in [-0.2, 0) is 4.79 Å². The van der Waals surface area contributed by atoms with E-state index < -0.39 is 5.97 Å². The van der Waals surface area contributed by atoms with Gasteiger partial charge in [0.25, 0.3) is 5.91 Å². The van der Waals surface area contributed by atoms with Gasteiger partial charge in [0.2, 0.25) is 0 Å². The van der Waals surface area contributed by atoms with Gasteiger partial charge in [-0.3, -0.25) is 9.78 Å². The molecule has 0 radical (unpaired) electrons. The predicted octanol–water partition coefficient (Wildman–Crippen LogP) is 2.74. The average molecular weight is 282 g/mol. The number of carboxylic acid groups (broad SMARTS) is 1. The summed E-state index contributed by atoms with van der Waals surface area (Å²) in [5.41, 5.74) is 2.71. The fourth-order valence-electron chi connectivity index (χ4n) is 1.80. The molecule has 1 heterocycles. The molecule has 0 aliphatic rings. The van der Waals surface area contributed by atoms with Crippen molar-refractivity contribution >= 4 is 23.6 Å². The number of carboxylic acids is 1. The second kappa shape index (κ2) is 6.47. The highest BCUT2D eigenvalue weighted by Gasteiger charge is 2.07. The van der Waals surface area contributed by atoms with Crippen LogP contribution in [-0.4, -0.2) is 22.0 Å². The lowest BCUT2D eigenvalue weighted by atomic mass is 10.0. The van der Waals surface area contributed by atoms with E-state index in [1.807, 2.05) is 6.92 Å². The molecule has 1 aromatic carbocycles. The normalized spacial score (nSPS) is 10.5. The van der Waals surface area contributed by atoms with Gasteiger partial charge in [0.05, 0.1) is 11.9 Å². The van der Waals surface area contributed by atoms with E-state index in [-0.39, 0.29) is 5.91 Å². The van der Waals surface area contributed by atoms with Gasteiger partial charge in [-0.15, -0.1) is 0 Å². The van der Waals surface area contributed by atoms with Crippen molar-refractivity contribution in [3.05, 3.63) is 65.5 Å². The lowest BCUT2D eigenvalue weighted by Gasteiger charge is -2.07. The fraction of sp³-hybridized carbons (Fsp3) is 0.0625. The summed E-state index contributed by atoms with van der Waals surface area (Å²) in [6.07, 6.45) is 5.76. The topological polar surface area (TPSA) is 79.3 Å². The average Bonchev–Trinajstić information content (AvgIpc) is 2.46. The van der Waals surface area contributed by atoms with E-state index in [4.69, 9.17) is 5.11 Å². The number of aryl methyl sites for hydroxylation is 1. The number of pyridine rings is 1. The number of rotatable bonds is 4. The third-order valence-corrected chi connectivity index (χ3v) is 2.86. The first-order valence-electron chi connectivity index (χ1n) is 6.29. The number of nitrogens with one attached hydrogen (secondary N) is 1. The third kappa shape index (κ3) is 4.01. The predicted molar refractivity (Wildman–Crippen MR) is 80.0 cm³/mol. The summed E-state index contributed by atoms with van der Waals surface area (Å²) in [7, 11) is 0. The Morgan fingerprint density at radius 1 is 1.29 bits per heavy atom. The molecule has 0 spiro atoms. The highest BCUT2D eigenvalue weighted by molar-refractivity contribution is 6.04. The second-order valence-electron chi connectivity index (χ2n) is 4.44. The standard InChI is InChI=1S/C16H14N2O3/c1-11-9-13(5-4-12(11)6-7-15(19)20)16(21)18-14-3-2-8-17-10-14/h2-10H,1H3,(H,18,21)(H,19,20)/b7-6+. The maximum absolute atomic E-state index is 12.1. The number of carbonyl (C=O) groups is 2. The van der Waals surface area contributed by atoms with Crippen LogP contribution >= 0.6 is 0 Å². The molecule has 2 aromatic rings. The molecular weight excluding hydrogens is 268 g/mol. The second-order valence-corrected chi connectivity index (χ2v) is 4.44. The van der Waals surface area contributed by atoms with Gasteiger partial charge in [0.1, 0.15) is 0 Å². The molecule has 0 bridgehead atoms. The van der Waals surface area contributed by atoms with Gasteiger partial charge in [0, 0.05) is 17.8 Å². The SMILES string of the molecule is Cc1cc(C(=O)Nc2cccnc2)ccc1/C=C/C(=O)O. The van der Waals surface area contributed by atoms with E-state index in [1.165, 1.54) is 6.08 Å². The van der Waals surface area contributed by atoms with Crippen molar-refractivity contribution in [2.75, 3.05) is 5.32 Å². The number of carbonyl (C=O) groups excluding carboxylic acids is 1. The van der Waals surface area contributed by atoms with Crippen molar-refractivity contribution in [1.29, 1.82) is 0 Å². The summed E-state index contributed by atoms with van der Waals surface area (Å²) in [6, 6.07) is 8.57. The van der Waals surface area contributed by atoms with Crippen molar-refractivity contribution in [3.8, 4) is 0 Å². The first-order chi connectivity index (χ1) is 10.1. The lowest BCUT2D eigenvalue weighted by Crippen LogP contribution is -2.12. The molecule has 0 atom stereocenters.